The average molecular weight is 574 g/mol. The number of halogens is 2. The number of aromatic carboxylic acids is 1. The lowest BCUT2D eigenvalue weighted by Crippen LogP contribution is -2.27. The highest BCUT2D eigenvalue weighted by Crippen LogP contribution is 2.24. The lowest BCUT2D eigenvalue weighted by atomic mass is 10.0. The van der Waals surface area contributed by atoms with Crippen molar-refractivity contribution in [2.45, 2.75) is 38.8 Å². The van der Waals surface area contributed by atoms with Crippen molar-refractivity contribution in [1.82, 2.24) is 4.90 Å². The molecule has 0 heterocycles. The third kappa shape index (κ3) is 9.24. The molecule has 0 radical (unpaired) electrons. The van der Waals surface area contributed by atoms with E-state index in [0.29, 0.717) is 44.6 Å². The fraction of sp³-hybridized carbons (Fsp3) is 0.235. The molecule has 0 unspecified atom stereocenters. The third-order valence-corrected chi connectivity index (χ3v) is 7.01. The van der Waals surface area contributed by atoms with Crippen LogP contribution >= 0.6 is 0 Å². The molecular weight excluding hydrogens is 540 g/mol. The number of hydrogen-bond acceptors (Lipinski definition) is 4. The van der Waals surface area contributed by atoms with E-state index in [9.17, 15) is 23.5 Å². The summed E-state index contributed by atoms with van der Waals surface area (Å²) in [6, 6.07) is 25.1. The highest BCUT2D eigenvalue weighted by Gasteiger charge is 2.12. The first-order valence-corrected chi connectivity index (χ1v) is 13.8. The second kappa shape index (κ2) is 14.9. The molecule has 4 aromatic carbocycles. The van der Waals surface area contributed by atoms with E-state index in [4.69, 9.17) is 9.84 Å². The van der Waals surface area contributed by atoms with Gasteiger partial charge in [-0.2, -0.15) is 0 Å². The van der Waals surface area contributed by atoms with Gasteiger partial charge in [0.25, 0.3) is 0 Å². The van der Waals surface area contributed by atoms with Crippen molar-refractivity contribution >= 4 is 11.9 Å². The van der Waals surface area contributed by atoms with Gasteiger partial charge < -0.3 is 14.9 Å². The van der Waals surface area contributed by atoms with Crippen LogP contribution in [-0.2, 0) is 24.4 Å². The summed E-state index contributed by atoms with van der Waals surface area (Å²) in [5, 5.41) is 18.2. The van der Waals surface area contributed by atoms with Crippen molar-refractivity contribution in [3.63, 3.8) is 0 Å². The molecule has 0 amide bonds. The minimum absolute atomic E-state index is 0.0947. The van der Waals surface area contributed by atoms with E-state index in [1.54, 1.807) is 42.5 Å². The fourth-order valence-corrected chi connectivity index (χ4v) is 4.69. The summed E-state index contributed by atoms with van der Waals surface area (Å²) in [6.07, 6.45) is 1.87. The molecule has 0 aliphatic rings. The summed E-state index contributed by atoms with van der Waals surface area (Å²) in [6.45, 7) is 2.04. The van der Waals surface area contributed by atoms with Crippen LogP contribution < -0.4 is 4.74 Å². The fourth-order valence-electron chi connectivity index (χ4n) is 4.69. The van der Waals surface area contributed by atoms with Gasteiger partial charge in [-0.3, -0.25) is 9.69 Å². The van der Waals surface area contributed by atoms with Gasteiger partial charge in [0.2, 0.25) is 0 Å². The molecular formula is C34H33F2NO5. The van der Waals surface area contributed by atoms with Crippen LogP contribution in [-0.4, -0.2) is 40.1 Å². The van der Waals surface area contributed by atoms with Crippen LogP contribution in [0, 0.1) is 11.6 Å². The molecule has 0 fully saturated rings. The van der Waals surface area contributed by atoms with Crippen molar-refractivity contribution in [2.75, 3.05) is 13.1 Å². The highest BCUT2D eigenvalue weighted by atomic mass is 19.1. The van der Waals surface area contributed by atoms with Gasteiger partial charge in [-0.15, -0.1) is 0 Å². The molecule has 0 saturated carbocycles. The average Bonchev–Trinajstić information content (AvgIpc) is 2.98. The van der Waals surface area contributed by atoms with Gasteiger partial charge in [-0.1, -0.05) is 42.5 Å². The van der Waals surface area contributed by atoms with Crippen LogP contribution in [0.25, 0.3) is 11.1 Å². The number of ether oxygens (including phenoxy) is 1. The SMILES string of the molecule is O=C(O)CCCCN(CCc1cc(F)ccc1COc1ccc(-c2ccc(F)cc2)cc1)Cc1ccc(C(=O)O)cc1. The zero-order valence-electron chi connectivity index (χ0n) is 23.1. The smallest absolute Gasteiger partial charge is 0.335 e. The first kappa shape index (κ1) is 30.4. The summed E-state index contributed by atoms with van der Waals surface area (Å²) in [4.78, 5) is 24.3. The normalized spacial score (nSPS) is 11.0. The van der Waals surface area contributed by atoms with Gasteiger partial charge in [0, 0.05) is 19.5 Å². The topological polar surface area (TPSA) is 87.1 Å². The third-order valence-electron chi connectivity index (χ3n) is 7.01. The number of nitrogens with zero attached hydrogens (tertiary/aromatic N) is 1. The summed E-state index contributed by atoms with van der Waals surface area (Å²) >= 11 is 0. The number of unbranched alkanes of at least 4 members (excludes halogenated alkanes) is 1. The zero-order valence-corrected chi connectivity index (χ0v) is 23.1. The Labute approximate surface area is 243 Å². The van der Waals surface area contributed by atoms with Crippen LogP contribution in [0.15, 0.2) is 91.0 Å². The quantitative estimate of drug-likeness (QED) is 0.146. The number of rotatable bonds is 15. The Morgan fingerprint density at radius 2 is 1.36 bits per heavy atom. The second-order valence-electron chi connectivity index (χ2n) is 10.1. The number of benzene rings is 4. The maximum Gasteiger partial charge on any atom is 0.335 e. The second-order valence-corrected chi connectivity index (χ2v) is 10.1. The predicted molar refractivity (Wildman–Crippen MR) is 156 cm³/mol. The van der Waals surface area contributed by atoms with E-state index in [2.05, 4.69) is 4.90 Å². The van der Waals surface area contributed by atoms with Crippen molar-refractivity contribution in [3.05, 3.63) is 125 Å². The highest BCUT2D eigenvalue weighted by molar-refractivity contribution is 5.87. The number of carboxylic acids is 2. The Hall–Kier alpha value is -4.56. The molecule has 0 saturated heterocycles. The number of carbonyl (C=O) groups is 2. The Morgan fingerprint density at radius 3 is 2.00 bits per heavy atom. The Balaban J connectivity index is 1.40. The van der Waals surface area contributed by atoms with Gasteiger partial charge >= 0.3 is 11.9 Å². The zero-order chi connectivity index (χ0) is 29.9. The molecule has 2 N–H and O–H groups in total. The molecule has 0 aromatic heterocycles. The van der Waals surface area contributed by atoms with E-state index in [1.165, 1.54) is 24.3 Å². The molecule has 0 aliphatic heterocycles. The van der Waals surface area contributed by atoms with Crippen LogP contribution in [0.5, 0.6) is 5.75 Å². The molecule has 6 nitrogen and oxygen atoms in total. The molecule has 0 atom stereocenters. The maximum atomic E-state index is 14.3. The van der Waals surface area contributed by atoms with Crippen LogP contribution in [0.1, 0.15) is 46.3 Å². The van der Waals surface area contributed by atoms with Crippen molar-refractivity contribution < 1.29 is 33.3 Å². The summed E-state index contributed by atoms with van der Waals surface area (Å²) in [7, 11) is 0. The molecule has 0 aliphatic carbocycles. The van der Waals surface area contributed by atoms with E-state index in [1.807, 2.05) is 24.3 Å². The van der Waals surface area contributed by atoms with Crippen LogP contribution in [0.4, 0.5) is 8.78 Å². The minimum atomic E-state index is -0.989. The largest absolute Gasteiger partial charge is 0.489 e. The van der Waals surface area contributed by atoms with Crippen molar-refractivity contribution in [3.8, 4) is 16.9 Å². The monoisotopic (exact) mass is 573 g/mol. The maximum absolute atomic E-state index is 14.3. The van der Waals surface area contributed by atoms with E-state index in [0.717, 1.165) is 27.8 Å². The Kier molecular flexibility index (Phi) is 10.8. The van der Waals surface area contributed by atoms with E-state index >= 15 is 0 Å². The van der Waals surface area contributed by atoms with Crippen molar-refractivity contribution in [2.24, 2.45) is 0 Å². The molecule has 0 spiro atoms. The molecule has 4 rings (SSSR count). The Morgan fingerprint density at radius 1 is 0.714 bits per heavy atom. The minimum Gasteiger partial charge on any atom is -0.489 e. The number of carboxylic acid groups (broad SMARTS) is 2. The van der Waals surface area contributed by atoms with Gasteiger partial charge in [-0.25, -0.2) is 13.6 Å². The van der Waals surface area contributed by atoms with Gasteiger partial charge in [-0.05, 0) is 102 Å². The van der Waals surface area contributed by atoms with Gasteiger partial charge in [0.05, 0.1) is 5.56 Å². The first-order valence-electron chi connectivity index (χ1n) is 13.8. The van der Waals surface area contributed by atoms with Crippen molar-refractivity contribution in [1.29, 1.82) is 0 Å². The summed E-state index contributed by atoms with van der Waals surface area (Å²) in [5.41, 5.74) is 4.65. The van der Waals surface area contributed by atoms with Gasteiger partial charge in [0.1, 0.15) is 24.0 Å². The van der Waals surface area contributed by atoms with E-state index < -0.39 is 11.9 Å². The molecule has 218 valence electrons. The van der Waals surface area contributed by atoms with Gasteiger partial charge in [0.15, 0.2) is 0 Å². The summed E-state index contributed by atoms with van der Waals surface area (Å²) in [5.74, 6) is -1.79. The summed E-state index contributed by atoms with van der Waals surface area (Å²) < 4.78 is 33.5. The standard InChI is InChI=1S/C34H33F2NO5/c35-30-13-8-25(9-14-30)26-11-16-32(17-12-26)42-23-29-10-15-31(36)21-28(29)18-20-37(19-2-1-3-33(38)39)22-24-4-6-27(7-5-24)34(40)41/h4-17,21H,1-3,18-20,22-23H2,(H,38,39)(H,40,41). The lowest BCUT2D eigenvalue weighted by molar-refractivity contribution is -0.137. The van der Waals surface area contributed by atoms with E-state index in [-0.39, 0.29) is 30.2 Å². The molecule has 4 aromatic rings. The lowest BCUT2D eigenvalue weighted by Gasteiger charge is -2.23. The molecule has 0 bridgehead atoms. The molecule has 42 heavy (non-hydrogen) atoms. The number of hydrogen-bond donors (Lipinski definition) is 2. The molecule has 8 heteroatoms. The van der Waals surface area contributed by atoms with Crippen LogP contribution in [0.3, 0.4) is 0 Å². The predicted octanol–water partition coefficient (Wildman–Crippen LogP) is 7.21. The first-order chi connectivity index (χ1) is 20.3. The van der Waals surface area contributed by atoms with Crippen LogP contribution in [0.2, 0.25) is 0 Å². The Bertz CT molecular complexity index is 1470. The number of aliphatic carboxylic acids is 1.